The lowest BCUT2D eigenvalue weighted by molar-refractivity contribution is 0.434. The van der Waals surface area contributed by atoms with Crippen LogP contribution in [0.2, 0.25) is 0 Å². The van der Waals surface area contributed by atoms with E-state index in [0.29, 0.717) is 5.12 Å². The Bertz CT molecular complexity index is 49.2. The molecule has 28 valence electrons. The van der Waals surface area contributed by atoms with Crippen molar-refractivity contribution in [2.24, 2.45) is 11.7 Å². The standard InChI is InChI=1S/CH4N4/c2-1-5(3)4/h3-4H2. The van der Waals surface area contributed by atoms with Crippen molar-refractivity contribution in [3.63, 3.8) is 0 Å². The van der Waals surface area contributed by atoms with Crippen molar-refractivity contribution in [3.05, 3.63) is 0 Å². The molecule has 0 bridgehead atoms. The summed E-state index contributed by atoms with van der Waals surface area (Å²) in [7, 11) is 0. The Morgan fingerprint density at radius 3 is 1.80 bits per heavy atom. The Morgan fingerprint density at radius 2 is 1.80 bits per heavy atom. The predicted octanol–water partition coefficient (Wildman–Crippen LogP) is -1.48. The number of hydrogen-bond acceptors (Lipinski definition) is 4. The van der Waals surface area contributed by atoms with Gasteiger partial charge in [0.1, 0.15) is 0 Å². The molecule has 0 aromatic rings. The molecule has 0 aliphatic carbocycles. The summed E-state index contributed by atoms with van der Waals surface area (Å²) in [6.45, 7) is 0. The first-order chi connectivity index (χ1) is 2.27. The molecule has 0 radical (unpaired) electrons. The zero-order valence-corrected chi connectivity index (χ0v) is 2.55. The molecule has 0 heterocycles. The van der Waals surface area contributed by atoms with Crippen LogP contribution in [0.5, 0.6) is 0 Å². The highest BCUT2D eigenvalue weighted by molar-refractivity contribution is 4.55. The lowest BCUT2D eigenvalue weighted by Gasteiger charge is -1.90. The number of nitrogens with zero attached hydrogens (tertiary/aromatic N) is 2. The molecular weight excluding hydrogens is 68.0 g/mol. The minimum absolute atomic E-state index is 0.431. The second-order valence-corrected chi connectivity index (χ2v) is 0.507. The molecule has 0 aromatic heterocycles. The van der Waals surface area contributed by atoms with E-state index in [-0.39, 0.29) is 0 Å². The van der Waals surface area contributed by atoms with E-state index in [4.69, 9.17) is 5.26 Å². The highest BCUT2D eigenvalue weighted by Gasteiger charge is 1.67. The zero-order valence-electron chi connectivity index (χ0n) is 2.55. The van der Waals surface area contributed by atoms with Crippen molar-refractivity contribution in [1.29, 1.82) is 5.26 Å². The third kappa shape index (κ3) is 3.21. The van der Waals surface area contributed by atoms with Crippen LogP contribution in [-0.4, -0.2) is 5.12 Å². The Labute approximate surface area is 29.5 Å². The minimum atomic E-state index is 0.431. The number of nitriles is 1. The molecule has 0 amide bonds. The Kier molecular flexibility index (Phi) is 1.28. The zero-order chi connectivity index (χ0) is 4.28. The summed E-state index contributed by atoms with van der Waals surface area (Å²) >= 11 is 0. The second-order valence-electron chi connectivity index (χ2n) is 0.507. The molecule has 4 heteroatoms. The Hall–Kier alpha value is -0.790. The summed E-state index contributed by atoms with van der Waals surface area (Å²) in [5.41, 5.74) is 0. The first-order valence-electron chi connectivity index (χ1n) is 0.964. The molecule has 0 atom stereocenters. The van der Waals surface area contributed by atoms with Crippen molar-refractivity contribution in [2.75, 3.05) is 0 Å². The monoisotopic (exact) mass is 72.0 g/mol. The predicted molar refractivity (Wildman–Crippen MR) is 15.8 cm³/mol. The maximum Gasteiger partial charge on any atom is 0.211 e. The molecule has 0 unspecified atom stereocenters. The van der Waals surface area contributed by atoms with Crippen LogP contribution >= 0.6 is 0 Å². The highest BCUT2D eigenvalue weighted by Crippen LogP contribution is 1.39. The lowest BCUT2D eigenvalue weighted by Crippen LogP contribution is -2.32. The number of nitrogens with two attached hydrogens (primary N) is 2. The molecule has 0 spiro atoms. The molecule has 4 nitrogen and oxygen atoms in total. The average molecular weight is 72.1 g/mol. The van der Waals surface area contributed by atoms with Crippen LogP contribution in [0.3, 0.4) is 0 Å². The van der Waals surface area contributed by atoms with Gasteiger partial charge < -0.3 is 0 Å². The van der Waals surface area contributed by atoms with Crippen molar-refractivity contribution >= 4 is 0 Å². The molecule has 0 aromatic carbocycles. The van der Waals surface area contributed by atoms with Gasteiger partial charge in [0, 0.05) is 0 Å². The first kappa shape index (κ1) is 4.21. The van der Waals surface area contributed by atoms with Crippen LogP contribution in [0.25, 0.3) is 0 Å². The van der Waals surface area contributed by atoms with Gasteiger partial charge in [-0.25, -0.2) is 11.7 Å². The third-order valence-electron chi connectivity index (χ3n) is 0.115. The fraction of sp³-hybridized carbons (Fsp3) is 0. The van der Waals surface area contributed by atoms with Crippen LogP contribution in [0.4, 0.5) is 0 Å². The van der Waals surface area contributed by atoms with Gasteiger partial charge in [0.2, 0.25) is 6.19 Å². The first-order valence-corrected chi connectivity index (χ1v) is 0.964. The molecule has 4 N–H and O–H groups in total. The van der Waals surface area contributed by atoms with E-state index in [1.807, 2.05) is 0 Å². The summed E-state index contributed by atoms with van der Waals surface area (Å²) in [5.74, 6) is 9.08. The molecule has 5 heavy (non-hydrogen) atoms. The maximum atomic E-state index is 7.57. The van der Waals surface area contributed by atoms with Gasteiger partial charge in [0.05, 0.1) is 0 Å². The van der Waals surface area contributed by atoms with Gasteiger partial charge in [-0.15, -0.1) is 0 Å². The molecule has 0 saturated heterocycles. The van der Waals surface area contributed by atoms with Crippen molar-refractivity contribution in [1.82, 2.24) is 5.12 Å². The molecule has 0 aliphatic rings. The van der Waals surface area contributed by atoms with Crippen LogP contribution in [0.1, 0.15) is 0 Å². The fourth-order valence-electron chi connectivity index (χ4n) is 0. The van der Waals surface area contributed by atoms with Gasteiger partial charge in [0.25, 0.3) is 0 Å². The van der Waals surface area contributed by atoms with Crippen molar-refractivity contribution in [2.45, 2.75) is 0 Å². The van der Waals surface area contributed by atoms with Crippen molar-refractivity contribution in [3.8, 4) is 6.19 Å². The summed E-state index contributed by atoms with van der Waals surface area (Å²) in [5, 5.41) is 8.00. The molecule has 0 aliphatic heterocycles. The van der Waals surface area contributed by atoms with Gasteiger partial charge in [-0.1, -0.05) is 0 Å². The van der Waals surface area contributed by atoms with E-state index in [0.717, 1.165) is 0 Å². The van der Waals surface area contributed by atoms with Gasteiger partial charge in [-0.05, 0) is 0 Å². The van der Waals surface area contributed by atoms with Gasteiger partial charge >= 0.3 is 0 Å². The third-order valence-corrected chi connectivity index (χ3v) is 0.115. The topological polar surface area (TPSA) is 79.1 Å². The van der Waals surface area contributed by atoms with Gasteiger partial charge in [0.15, 0.2) is 0 Å². The maximum absolute atomic E-state index is 7.57. The van der Waals surface area contributed by atoms with E-state index < -0.39 is 0 Å². The van der Waals surface area contributed by atoms with Gasteiger partial charge in [-0.2, -0.15) is 10.4 Å². The summed E-state index contributed by atoms with van der Waals surface area (Å²) in [4.78, 5) is 0. The average Bonchev–Trinajstić information content (AvgIpc) is 1.38. The lowest BCUT2D eigenvalue weighted by atomic mass is 11.4. The highest BCUT2D eigenvalue weighted by atomic mass is 15.6. The molecule has 0 fully saturated rings. The van der Waals surface area contributed by atoms with Gasteiger partial charge in [-0.3, -0.25) is 0 Å². The summed E-state index contributed by atoms with van der Waals surface area (Å²) in [6, 6.07) is 0. The Balaban J connectivity index is 2.94. The minimum Gasteiger partial charge on any atom is -0.223 e. The largest absolute Gasteiger partial charge is 0.223 e. The smallest absolute Gasteiger partial charge is 0.211 e. The molecule has 0 saturated carbocycles. The Morgan fingerprint density at radius 1 is 1.60 bits per heavy atom. The second kappa shape index (κ2) is 1.52. The normalized spacial score (nSPS) is 5.80. The van der Waals surface area contributed by atoms with E-state index in [2.05, 4.69) is 11.7 Å². The molecule has 0 rings (SSSR count). The van der Waals surface area contributed by atoms with E-state index in [1.165, 1.54) is 6.19 Å². The number of hydrazine groups is 2. The van der Waals surface area contributed by atoms with E-state index in [1.54, 1.807) is 0 Å². The van der Waals surface area contributed by atoms with Crippen LogP contribution in [0.15, 0.2) is 0 Å². The molecular formula is CH4N4. The SMILES string of the molecule is N#CN(N)N. The van der Waals surface area contributed by atoms with Crippen molar-refractivity contribution < 1.29 is 0 Å². The van der Waals surface area contributed by atoms with Crippen LogP contribution < -0.4 is 11.7 Å². The summed E-state index contributed by atoms with van der Waals surface area (Å²) < 4.78 is 0. The fourth-order valence-corrected chi connectivity index (χ4v) is 0. The quantitative estimate of drug-likeness (QED) is 0.158. The van der Waals surface area contributed by atoms with Crippen LogP contribution in [-0.2, 0) is 0 Å². The van der Waals surface area contributed by atoms with E-state index >= 15 is 0 Å². The summed E-state index contributed by atoms with van der Waals surface area (Å²) in [6.07, 6.45) is 1.42. The van der Waals surface area contributed by atoms with E-state index in [9.17, 15) is 0 Å². The number of hydrogen-bond donors (Lipinski definition) is 2. The number of rotatable bonds is 0. The van der Waals surface area contributed by atoms with Crippen LogP contribution in [0, 0.1) is 11.5 Å².